The normalized spacial score (nSPS) is 12.3. The van der Waals surface area contributed by atoms with E-state index in [-0.39, 0.29) is 6.54 Å². The number of rotatable bonds is 7. The van der Waals surface area contributed by atoms with Crippen molar-refractivity contribution in [2.45, 2.75) is 32.6 Å². The first-order chi connectivity index (χ1) is 8.46. The third-order valence-corrected chi connectivity index (χ3v) is 2.51. The van der Waals surface area contributed by atoms with Crippen LogP contribution in [0.1, 0.15) is 24.7 Å². The van der Waals surface area contributed by atoms with Gasteiger partial charge in [-0.05, 0) is 26.1 Å². The summed E-state index contributed by atoms with van der Waals surface area (Å²) in [6.45, 7) is 2.19. The maximum atomic E-state index is 12.4. The summed E-state index contributed by atoms with van der Waals surface area (Å²) in [5, 5.41) is 2.93. The number of hydrogen-bond donors (Lipinski definition) is 1. The zero-order valence-corrected chi connectivity index (χ0v) is 10.7. The van der Waals surface area contributed by atoms with Gasteiger partial charge in [0.1, 0.15) is 5.76 Å². The molecule has 1 rings (SSSR count). The van der Waals surface area contributed by atoms with Crippen molar-refractivity contribution in [2.24, 2.45) is 0 Å². The fraction of sp³-hybridized carbons (Fsp3) is 0.667. The molecule has 0 spiro atoms. The molecule has 0 saturated carbocycles. The molecule has 0 fully saturated rings. The molecule has 0 unspecified atom stereocenters. The Labute approximate surface area is 105 Å². The minimum absolute atomic E-state index is 0.265. The summed E-state index contributed by atoms with van der Waals surface area (Å²) >= 11 is 0. The van der Waals surface area contributed by atoms with Crippen molar-refractivity contribution in [3.8, 4) is 0 Å². The van der Waals surface area contributed by atoms with Crippen LogP contribution in [0.25, 0.3) is 0 Å². The van der Waals surface area contributed by atoms with Crippen LogP contribution < -0.4 is 5.32 Å². The zero-order chi connectivity index (χ0) is 13.6. The Kier molecular flexibility index (Phi) is 5.68. The second-order valence-electron chi connectivity index (χ2n) is 4.23. The number of hydrogen-bond acceptors (Lipinski definition) is 3. The van der Waals surface area contributed by atoms with Crippen LogP contribution in [-0.2, 0) is 13.1 Å². The van der Waals surface area contributed by atoms with Gasteiger partial charge < -0.3 is 9.73 Å². The lowest BCUT2D eigenvalue weighted by atomic mass is 10.2. The highest BCUT2D eigenvalue weighted by molar-refractivity contribution is 5.16. The van der Waals surface area contributed by atoms with Crippen molar-refractivity contribution in [1.29, 1.82) is 0 Å². The maximum absolute atomic E-state index is 12.4. The minimum atomic E-state index is -4.16. The molecule has 1 heterocycles. The predicted molar refractivity (Wildman–Crippen MR) is 63.1 cm³/mol. The summed E-state index contributed by atoms with van der Waals surface area (Å²) in [4.78, 5) is 1.39. The molecule has 0 aromatic carbocycles. The van der Waals surface area contributed by atoms with Gasteiger partial charge in [-0.3, -0.25) is 4.90 Å². The second-order valence-corrected chi connectivity index (χ2v) is 4.23. The van der Waals surface area contributed by atoms with Crippen LogP contribution in [0, 0.1) is 0 Å². The minimum Gasteiger partial charge on any atom is -0.468 e. The predicted octanol–water partition coefficient (Wildman–Crippen LogP) is 2.77. The summed E-state index contributed by atoms with van der Waals surface area (Å²) in [5.74, 6) is 0.695. The second kappa shape index (κ2) is 6.80. The maximum Gasteiger partial charge on any atom is 0.401 e. The quantitative estimate of drug-likeness (QED) is 0.821. The van der Waals surface area contributed by atoms with Gasteiger partial charge in [-0.25, -0.2) is 0 Å². The van der Waals surface area contributed by atoms with Crippen molar-refractivity contribution < 1.29 is 17.6 Å². The molecule has 0 aliphatic heterocycles. The lowest BCUT2D eigenvalue weighted by molar-refractivity contribution is -0.147. The zero-order valence-electron chi connectivity index (χ0n) is 10.7. The van der Waals surface area contributed by atoms with Crippen LogP contribution in [-0.4, -0.2) is 31.2 Å². The highest BCUT2D eigenvalue weighted by atomic mass is 19.4. The molecule has 18 heavy (non-hydrogen) atoms. The Bertz CT molecular complexity index is 349. The summed E-state index contributed by atoms with van der Waals surface area (Å²) in [6, 6.07) is 1.73. The summed E-state index contributed by atoms with van der Waals surface area (Å²) in [5.41, 5.74) is 0.807. The molecule has 0 saturated heterocycles. The van der Waals surface area contributed by atoms with Crippen LogP contribution in [0.2, 0.25) is 0 Å². The fourth-order valence-corrected chi connectivity index (χ4v) is 1.85. The van der Waals surface area contributed by atoms with E-state index in [9.17, 15) is 13.2 Å². The molecule has 0 atom stereocenters. The van der Waals surface area contributed by atoms with E-state index < -0.39 is 12.7 Å². The Morgan fingerprint density at radius 1 is 1.39 bits per heavy atom. The highest BCUT2D eigenvalue weighted by Crippen LogP contribution is 2.20. The first-order valence-electron chi connectivity index (χ1n) is 5.95. The average molecular weight is 264 g/mol. The highest BCUT2D eigenvalue weighted by Gasteiger charge is 2.30. The molecule has 6 heteroatoms. The molecule has 0 bridgehead atoms. The lowest BCUT2D eigenvalue weighted by Gasteiger charge is -2.22. The molecule has 0 aliphatic carbocycles. The summed E-state index contributed by atoms with van der Waals surface area (Å²) < 4.78 is 42.5. The number of furan rings is 1. The first kappa shape index (κ1) is 15.0. The van der Waals surface area contributed by atoms with E-state index in [1.807, 2.05) is 6.92 Å². The van der Waals surface area contributed by atoms with Crippen molar-refractivity contribution in [2.75, 3.05) is 20.1 Å². The molecular weight excluding hydrogens is 245 g/mol. The average Bonchev–Trinajstić information content (AvgIpc) is 2.64. The van der Waals surface area contributed by atoms with E-state index >= 15 is 0 Å². The van der Waals surface area contributed by atoms with Crippen LogP contribution in [0.4, 0.5) is 13.2 Å². The third kappa shape index (κ3) is 5.10. The van der Waals surface area contributed by atoms with E-state index in [1.165, 1.54) is 11.2 Å². The fourth-order valence-electron chi connectivity index (χ4n) is 1.85. The lowest BCUT2D eigenvalue weighted by Crippen LogP contribution is -2.34. The molecular formula is C12H19F3N2O. The molecule has 0 amide bonds. The van der Waals surface area contributed by atoms with Gasteiger partial charge in [0.05, 0.1) is 19.4 Å². The van der Waals surface area contributed by atoms with Gasteiger partial charge >= 0.3 is 6.18 Å². The van der Waals surface area contributed by atoms with E-state index in [0.717, 1.165) is 5.56 Å². The van der Waals surface area contributed by atoms with E-state index in [0.29, 0.717) is 25.3 Å². The summed E-state index contributed by atoms with van der Waals surface area (Å²) in [6.07, 6.45) is -1.96. The van der Waals surface area contributed by atoms with E-state index in [1.54, 1.807) is 13.1 Å². The smallest absolute Gasteiger partial charge is 0.401 e. The standard InChI is InChI=1S/C12H19F3N2O/c1-3-5-17(9-12(13,14)15)8-10-4-6-18-11(10)7-16-2/h4,6,16H,3,5,7-9H2,1-2H3. The Hall–Kier alpha value is -1.01. The molecule has 1 N–H and O–H groups in total. The Balaban J connectivity index is 2.67. The summed E-state index contributed by atoms with van der Waals surface area (Å²) in [7, 11) is 1.77. The topological polar surface area (TPSA) is 28.4 Å². The Morgan fingerprint density at radius 2 is 2.11 bits per heavy atom. The first-order valence-corrected chi connectivity index (χ1v) is 5.95. The van der Waals surface area contributed by atoms with Crippen LogP contribution >= 0.6 is 0 Å². The molecule has 1 aromatic heterocycles. The number of halogens is 3. The molecule has 104 valence electrons. The number of nitrogens with one attached hydrogen (secondary N) is 1. The van der Waals surface area contributed by atoms with Gasteiger partial charge in [0, 0.05) is 12.1 Å². The van der Waals surface area contributed by atoms with Gasteiger partial charge in [-0.1, -0.05) is 6.92 Å². The van der Waals surface area contributed by atoms with Gasteiger partial charge in [0.2, 0.25) is 0 Å². The molecule has 3 nitrogen and oxygen atoms in total. The molecule has 1 aromatic rings. The van der Waals surface area contributed by atoms with E-state index in [4.69, 9.17) is 4.42 Å². The van der Waals surface area contributed by atoms with E-state index in [2.05, 4.69) is 5.32 Å². The monoisotopic (exact) mass is 264 g/mol. The van der Waals surface area contributed by atoms with Crippen LogP contribution in [0.3, 0.4) is 0 Å². The molecule has 0 aliphatic rings. The number of alkyl halides is 3. The largest absolute Gasteiger partial charge is 0.468 e. The van der Waals surface area contributed by atoms with Gasteiger partial charge in [-0.2, -0.15) is 13.2 Å². The van der Waals surface area contributed by atoms with Crippen LogP contribution in [0.5, 0.6) is 0 Å². The SMILES string of the molecule is CCCN(Cc1ccoc1CNC)CC(F)(F)F. The van der Waals surface area contributed by atoms with Gasteiger partial charge in [0.15, 0.2) is 0 Å². The van der Waals surface area contributed by atoms with Crippen molar-refractivity contribution in [3.63, 3.8) is 0 Å². The van der Waals surface area contributed by atoms with Crippen molar-refractivity contribution in [1.82, 2.24) is 10.2 Å². The van der Waals surface area contributed by atoms with Gasteiger partial charge in [0.25, 0.3) is 0 Å². The van der Waals surface area contributed by atoms with Crippen molar-refractivity contribution in [3.05, 3.63) is 23.7 Å². The van der Waals surface area contributed by atoms with Crippen molar-refractivity contribution >= 4 is 0 Å². The van der Waals surface area contributed by atoms with Gasteiger partial charge in [-0.15, -0.1) is 0 Å². The third-order valence-electron chi connectivity index (χ3n) is 2.51. The Morgan fingerprint density at radius 3 is 2.67 bits per heavy atom. The molecule has 0 radical (unpaired) electrons. The van der Waals surface area contributed by atoms with Crippen LogP contribution in [0.15, 0.2) is 16.7 Å². The number of nitrogens with zero attached hydrogens (tertiary/aromatic N) is 1.